The second-order valence-electron chi connectivity index (χ2n) is 8.47. The van der Waals surface area contributed by atoms with Gasteiger partial charge in [-0.05, 0) is 39.0 Å². The number of amides is 1. The molecule has 3 aromatic heterocycles. The molecule has 1 aliphatic heterocycles. The predicted octanol–water partition coefficient (Wildman–Crippen LogP) is 3.12. The van der Waals surface area contributed by atoms with E-state index in [-0.39, 0.29) is 48.5 Å². The average Bonchev–Trinajstić information content (AvgIpc) is 3.36. The first-order chi connectivity index (χ1) is 17.1. The van der Waals surface area contributed by atoms with Crippen molar-refractivity contribution in [2.45, 2.75) is 45.2 Å². The average molecular weight is 506 g/mol. The number of alkyl halides is 3. The number of aromatic nitrogens is 5. The number of nitrogens with zero attached hydrogens (tertiary/aromatic N) is 6. The zero-order chi connectivity index (χ0) is 26.0. The molecule has 1 N–H and O–H groups in total. The maximum atomic E-state index is 13.8. The van der Waals surface area contributed by atoms with E-state index in [1.54, 1.807) is 24.0 Å². The lowest BCUT2D eigenvalue weighted by molar-refractivity contribution is -0.137. The number of pyridine rings is 2. The summed E-state index contributed by atoms with van der Waals surface area (Å²) in [5.41, 5.74) is 0.343. The maximum Gasteiger partial charge on any atom is 0.418 e. The third-order valence-electron chi connectivity index (χ3n) is 5.83. The summed E-state index contributed by atoms with van der Waals surface area (Å²) in [6.07, 6.45) is -1.44. The molecule has 1 amide bonds. The SMILES string of the molecule is COc1cc(C(F)(F)F)cnc1NC[C@@H]1[C@H](C)O[C@H](C)CN1C(=O)c1nc(C)ccc1-n1nccn1. The molecule has 36 heavy (non-hydrogen) atoms. The van der Waals surface area contributed by atoms with Crippen LogP contribution in [0.2, 0.25) is 0 Å². The molecular weight excluding hydrogens is 479 g/mol. The largest absolute Gasteiger partial charge is 0.493 e. The number of hydrogen-bond donors (Lipinski definition) is 1. The number of nitrogens with one attached hydrogen (secondary N) is 1. The third-order valence-corrected chi connectivity index (χ3v) is 5.83. The second kappa shape index (κ2) is 10.1. The highest BCUT2D eigenvalue weighted by molar-refractivity contribution is 5.96. The summed E-state index contributed by atoms with van der Waals surface area (Å²) in [6.45, 7) is 5.91. The predicted molar refractivity (Wildman–Crippen MR) is 123 cm³/mol. The van der Waals surface area contributed by atoms with Gasteiger partial charge in [0.25, 0.3) is 5.91 Å². The standard InChI is InChI=1S/C23H26F3N7O3/c1-13-5-6-17(33-29-7-8-30-33)20(31-13)22(34)32-12-14(2)36-15(3)18(32)11-28-21-19(35-4)9-16(10-27-21)23(24,25)26/h5-10,14-15,18H,11-12H2,1-4H3,(H,27,28)/t14-,15+,18-/m1/s1. The molecule has 0 bridgehead atoms. The van der Waals surface area contributed by atoms with E-state index in [4.69, 9.17) is 9.47 Å². The highest BCUT2D eigenvalue weighted by Gasteiger charge is 2.38. The Morgan fingerprint density at radius 3 is 2.64 bits per heavy atom. The zero-order valence-corrected chi connectivity index (χ0v) is 20.2. The summed E-state index contributed by atoms with van der Waals surface area (Å²) in [4.78, 5) is 25.2. The van der Waals surface area contributed by atoms with E-state index in [1.807, 2.05) is 13.8 Å². The molecule has 10 nitrogen and oxygen atoms in total. The van der Waals surface area contributed by atoms with Gasteiger partial charge in [-0.1, -0.05) is 0 Å². The number of morpholine rings is 1. The van der Waals surface area contributed by atoms with Crippen LogP contribution in [-0.2, 0) is 10.9 Å². The number of carbonyl (C=O) groups is 1. The molecule has 13 heteroatoms. The monoisotopic (exact) mass is 505 g/mol. The Balaban J connectivity index is 1.62. The first kappa shape index (κ1) is 25.4. The van der Waals surface area contributed by atoms with Crippen LogP contribution < -0.4 is 10.1 Å². The van der Waals surface area contributed by atoms with Crippen molar-refractivity contribution in [1.29, 1.82) is 0 Å². The number of aryl methyl sites for hydroxylation is 1. The molecular formula is C23H26F3N7O3. The van der Waals surface area contributed by atoms with Crippen LogP contribution in [0.4, 0.5) is 19.0 Å². The topological polar surface area (TPSA) is 107 Å². The molecule has 3 atom stereocenters. The van der Waals surface area contributed by atoms with Crippen molar-refractivity contribution in [3.63, 3.8) is 0 Å². The molecule has 1 aliphatic rings. The minimum atomic E-state index is -4.55. The fourth-order valence-electron chi connectivity index (χ4n) is 4.11. The van der Waals surface area contributed by atoms with E-state index in [2.05, 4.69) is 25.5 Å². The van der Waals surface area contributed by atoms with E-state index in [1.165, 1.54) is 24.3 Å². The Kier molecular flexibility index (Phi) is 7.11. The number of methoxy groups -OCH3 is 1. The van der Waals surface area contributed by atoms with E-state index in [0.717, 1.165) is 12.3 Å². The molecule has 0 unspecified atom stereocenters. The van der Waals surface area contributed by atoms with Gasteiger partial charge in [-0.15, -0.1) is 4.80 Å². The van der Waals surface area contributed by atoms with Crippen molar-refractivity contribution in [3.05, 3.63) is 53.7 Å². The highest BCUT2D eigenvalue weighted by atomic mass is 19.4. The molecule has 4 heterocycles. The lowest BCUT2D eigenvalue weighted by Gasteiger charge is -2.43. The Bertz CT molecular complexity index is 1220. The van der Waals surface area contributed by atoms with Crippen molar-refractivity contribution < 1.29 is 27.4 Å². The van der Waals surface area contributed by atoms with Gasteiger partial charge in [0, 0.05) is 25.0 Å². The van der Waals surface area contributed by atoms with Crippen LogP contribution in [0.3, 0.4) is 0 Å². The van der Waals surface area contributed by atoms with Gasteiger partial charge in [0.2, 0.25) is 0 Å². The van der Waals surface area contributed by atoms with Gasteiger partial charge in [-0.3, -0.25) is 4.79 Å². The van der Waals surface area contributed by atoms with Gasteiger partial charge < -0.3 is 19.7 Å². The molecule has 1 fully saturated rings. The van der Waals surface area contributed by atoms with E-state index in [9.17, 15) is 18.0 Å². The number of hydrogen-bond acceptors (Lipinski definition) is 8. The van der Waals surface area contributed by atoms with E-state index in [0.29, 0.717) is 11.4 Å². The molecule has 3 aromatic rings. The van der Waals surface area contributed by atoms with Gasteiger partial charge in [-0.2, -0.15) is 23.4 Å². The van der Waals surface area contributed by atoms with E-state index < -0.39 is 17.8 Å². The molecule has 0 spiro atoms. The Labute approximate surface area is 205 Å². The first-order valence-corrected chi connectivity index (χ1v) is 11.2. The van der Waals surface area contributed by atoms with Crippen LogP contribution in [0.1, 0.15) is 35.6 Å². The Morgan fingerprint density at radius 2 is 1.97 bits per heavy atom. The Morgan fingerprint density at radius 1 is 1.25 bits per heavy atom. The molecule has 192 valence electrons. The maximum absolute atomic E-state index is 13.8. The molecule has 0 aliphatic carbocycles. The van der Waals surface area contributed by atoms with Gasteiger partial charge in [0.1, 0.15) is 5.69 Å². The van der Waals surface area contributed by atoms with Crippen LogP contribution in [0.5, 0.6) is 5.75 Å². The summed E-state index contributed by atoms with van der Waals surface area (Å²) in [7, 11) is 1.26. The van der Waals surface area contributed by atoms with Crippen LogP contribution in [0, 0.1) is 6.92 Å². The lowest BCUT2D eigenvalue weighted by atomic mass is 10.0. The number of ether oxygens (including phenoxy) is 2. The smallest absolute Gasteiger partial charge is 0.418 e. The number of rotatable bonds is 6. The summed E-state index contributed by atoms with van der Waals surface area (Å²) < 4.78 is 50.3. The summed E-state index contributed by atoms with van der Waals surface area (Å²) in [5.74, 6) is -0.279. The van der Waals surface area contributed by atoms with Crippen LogP contribution in [-0.4, -0.2) is 74.2 Å². The van der Waals surface area contributed by atoms with Gasteiger partial charge in [-0.25, -0.2) is 9.97 Å². The minimum absolute atomic E-state index is 0.0622. The highest BCUT2D eigenvalue weighted by Crippen LogP contribution is 2.34. The molecule has 0 saturated carbocycles. The first-order valence-electron chi connectivity index (χ1n) is 11.2. The summed E-state index contributed by atoms with van der Waals surface area (Å²) in [6, 6.07) is 3.89. The number of halogens is 3. The van der Waals surface area contributed by atoms with E-state index >= 15 is 0 Å². The fourth-order valence-corrected chi connectivity index (χ4v) is 4.11. The molecule has 0 aromatic carbocycles. The van der Waals surface area contributed by atoms with Crippen molar-refractivity contribution in [3.8, 4) is 11.4 Å². The van der Waals surface area contributed by atoms with Gasteiger partial charge >= 0.3 is 6.18 Å². The van der Waals surface area contributed by atoms with Crippen molar-refractivity contribution in [2.24, 2.45) is 0 Å². The summed E-state index contributed by atoms with van der Waals surface area (Å²) >= 11 is 0. The molecule has 1 saturated heterocycles. The van der Waals surface area contributed by atoms with Crippen molar-refractivity contribution in [1.82, 2.24) is 29.9 Å². The number of carbonyl (C=O) groups excluding carboxylic acids is 1. The quantitative estimate of drug-likeness (QED) is 0.545. The zero-order valence-electron chi connectivity index (χ0n) is 20.2. The second-order valence-corrected chi connectivity index (χ2v) is 8.47. The van der Waals surface area contributed by atoms with Crippen LogP contribution in [0.25, 0.3) is 5.69 Å². The van der Waals surface area contributed by atoms with Gasteiger partial charge in [0.05, 0.1) is 43.3 Å². The van der Waals surface area contributed by atoms with Crippen molar-refractivity contribution in [2.75, 3.05) is 25.5 Å². The Hall–Kier alpha value is -3.74. The molecule has 0 radical (unpaired) electrons. The van der Waals surface area contributed by atoms with Gasteiger partial charge in [0.15, 0.2) is 17.3 Å². The van der Waals surface area contributed by atoms with Crippen LogP contribution in [0.15, 0.2) is 36.8 Å². The minimum Gasteiger partial charge on any atom is -0.493 e. The normalized spacial score (nSPS) is 20.3. The lowest BCUT2D eigenvalue weighted by Crippen LogP contribution is -2.58. The number of anilines is 1. The third kappa shape index (κ3) is 5.25. The van der Waals surface area contributed by atoms with Crippen molar-refractivity contribution >= 4 is 11.7 Å². The fraction of sp³-hybridized carbons (Fsp3) is 0.435. The molecule has 4 rings (SSSR count). The van der Waals surface area contributed by atoms with Crippen LogP contribution >= 0.6 is 0 Å². The summed E-state index contributed by atoms with van der Waals surface area (Å²) in [5, 5.41) is 11.3.